The second-order valence-electron chi connectivity index (χ2n) is 16.6. The Morgan fingerprint density at radius 3 is 1.29 bits per heavy atom. The molecule has 348 valence electrons. The van der Waals surface area contributed by atoms with Gasteiger partial charge in [-0.3, -0.25) is 18.6 Å². The summed E-state index contributed by atoms with van der Waals surface area (Å²) in [5.74, 6) is -1.10. The number of phosphoric ester groups is 1. The van der Waals surface area contributed by atoms with Gasteiger partial charge in [-0.25, -0.2) is 4.57 Å². The topological polar surface area (TPSA) is 210 Å². The second-order valence-corrected chi connectivity index (χ2v) is 18.0. The van der Waals surface area contributed by atoms with E-state index in [1.807, 2.05) is 0 Å². The number of carbonyl (C=O) groups is 2. The molecule has 14 heteroatoms. The number of esters is 2. The van der Waals surface area contributed by atoms with Crippen LogP contribution in [0.3, 0.4) is 0 Å². The third kappa shape index (κ3) is 28.7. The number of ether oxygens (including phenoxy) is 2. The second kappa shape index (κ2) is 36.1. The van der Waals surface area contributed by atoms with Gasteiger partial charge in [0.05, 0.1) is 6.61 Å². The molecule has 1 rings (SSSR count). The van der Waals surface area contributed by atoms with E-state index in [1.54, 1.807) is 0 Å². The zero-order chi connectivity index (χ0) is 43.6. The maximum atomic E-state index is 12.8. The number of carbonyl (C=O) groups excluding carboxylic acids is 2. The van der Waals surface area contributed by atoms with Crippen LogP contribution in [0.25, 0.3) is 0 Å². The molecule has 6 unspecified atom stereocenters. The van der Waals surface area contributed by atoms with E-state index >= 15 is 0 Å². The summed E-state index contributed by atoms with van der Waals surface area (Å²) in [4.78, 5) is 35.6. The minimum absolute atomic E-state index is 0.0985. The number of hydrogen-bond donors (Lipinski definition) is 6. The summed E-state index contributed by atoms with van der Waals surface area (Å²) in [6, 6.07) is 0. The summed E-state index contributed by atoms with van der Waals surface area (Å²) in [6.07, 6.45) is 24.3. The predicted octanol–water partition coefficient (Wildman–Crippen LogP) is 9.06. The highest BCUT2D eigenvalue weighted by Gasteiger charge is 2.51. The summed E-state index contributed by atoms with van der Waals surface area (Å²) in [6.45, 7) is 3.28. The Labute approximate surface area is 356 Å². The van der Waals surface area contributed by atoms with Crippen LogP contribution in [0.4, 0.5) is 0 Å². The first-order chi connectivity index (χ1) is 28.4. The third-order valence-electron chi connectivity index (χ3n) is 11.1. The number of hydrogen-bond acceptors (Lipinski definition) is 12. The molecule has 13 nitrogen and oxygen atoms in total. The summed E-state index contributed by atoms with van der Waals surface area (Å²) in [7, 11) is -5.11. The van der Waals surface area contributed by atoms with E-state index in [2.05, 4.69) is 26.0 Å². The molecule has 6 N–H and O–H groups in total. The first-order valence-electron chi connectivity index (χ1n) is 23.5. The number of unbranched alkanes of at least 4 members (excludes halogenated alkanes) is 25. The van der Waals surface area contributed by atoms with Gasteiger partial charge in [-0.15, -0.1) is 0 Å². The number of aliphatic hydroxyl groups is 5. The molecule has 0 aromatic rings. The maximum absolute atomic E-state index is 12.8. The quantitative estimate of drug-likeness (QED) is 0.0148. The number of aliphatic hydroxyl groups excluding tert-OH is 5. The predicted molar refractivity (Wildman–Crippen MR) is 231 cm³/mol. The van der Waals surface area contributed by atoms with Crippen molar-refractivity contribution >= 4 is 19.8 Å². The molecule has 1 saturated carbocycles. The first kappa shape index (κ1) is 55.6. The first-order valence-corrected chi connectivity index (χ1v) is 25.0. The SMILES string of the molecule is CCCCCCCCCC/C=C\CCCCCCCCCCCC(=O)OC(COC(=O)CCCCCCCCCCC)COP(=O)(O)OC1C(O)C(O)C(O)C(O)C1O. The normalized spacial score (nSPS) is 22.4. The summed E-state index contributed by atoms with van der Waals surface area (Å²) >= 11 is 0. The average Bonchev–Trinajstić information content (AvgIpc) is 3.21. The van der Waals surface area contributed by atoms with Gasteiger partial charge in [0.2, 0.25) is 0 Å². The molecule has 0 radical (unpaired) electrons. The van der Waals surface area contributed by atoms with Crippen LogP contribution in [0.5, 0.6) is 0 Å². The van der Waals surface area contributed by atoms with Gasteiger partial charge in [0, 0.05) is 12.8 Å². The fourth-order valence-corrected chi connectivity index (χ4v) is 8.26. The van der Waals surface area contributed by atoms with E-state index < -0.39 is 75.7 Å². The lowest BCUT2D eigenvalue weighted by Gasteiger charge is -2.41. The highest BCUT2D eigenvalue weighted by Crippen LogP contribution is 2.47. The summed E-state index contributed by atoms with van der Waals surface area (Å²) in [5.41, 5.74) is 0. The van der Waals surface area contributed by atoms with E-state index in [4.69, 9.17) is 18.5 Å². The van der Waals surface area contributed by atoms with Crippen molar-refractivity contribution in [2.24, 2.45) is 0 Å². The van der Waals surface area contributed by atoms with Crippen LogP contribution in [-0.4, -0.2) is 98.3 Å². The van der Waals surface area contributed by atoms with Crippen molar-refractivity contribution in [3.63, 3.8) is 0 Å². The van der Waals surface area contributed by atoms with Crippen LogP contribution in [0, 0.1) is 0 Å². The lowest BCUT2D eigenvalue weighted by molar-refractivity contribution is -0.220. The Bertz CT molecular complexity index is 1090. The molecule has 0 aromatic heterocycles. The molecule has 0 heterocycles. The molecular formula is C45H85O13P. The van der Waals surface area contributed by atoms with E-state index in [9.17, 15) is 44.6 Å². The molecule has 6 atom stereocenters. The Morgan fingerprint density at radius 1 is 0.508 bits per heavy atom. The lowest BCUT2D eigenvalue weighted by Crippen LogP contribution is -2.64. The molecule has 59 heavy (non-hydrogen) atoms. The molecule has 0 saturated heterocycles. The molecule has 0 aromatic carbocycles. The van der Waals surface area contributed by atoms with Crippen molar-refractivity contribution < 1.29 is 63.1 Å². The Morgan fingerprint density at radius 2 is 0.864 bits per heavy atom. The zero-order valence-electron chi connectivity index (χ0n) is 36.8. The van der Waals surface area contributed by atoms with Crippen LogP contribution in [0.2, 0.25) is 0 Å². The van der Waals surface area contributed by atoms with Crippen molar-refractivity contribution in [1.29, 1.82) is 0 Å². The number of phosphoric acid groups is 1. The fraction of sp³-hybridized carbons (Fsp3) is 0.911. The Kier molecular flexibility index (Phi) is 34.0. The van der Waals surface area contributed by atoms with Gasteiger partial charge < -0.3 is 39.9 Å². The van der Waals surface area contributed by atoms with Crippen molar-refractivity contribution in [3.8, 4) is 0 Å². The van der Waals surface area contributed by atoms with Gasteiger partial charge >= 0.3 is 19.8 Å². The van der Waals surface area contributed by atoms with E-state index in [0.717, 1.165) is 51.4 Å². The van der Waals surface area contributed by atoms with Crippen molar-refractivity contribution in [3.05, 3.63) is 12.2 Å². The lowest BCUT2D eigenvalue weighted by atomic mass is 9.85. The molecule has 0 spiro atoms. The molecule has 0 bridgehead atoms. The smallest absolute Gasteiger partial charge is 0.462 e. The minimum atomic E-state index is -5.11. The minimum Gasteiger partial charge on any atom is -0.462 e. The van der Waals surface area contributed by atoms with Crippen LogP contribution in [0.15, 0.2) is 12.2 Å². The van der Waals surface area contributed by atoms with Crippen LogP contribution < -0.4 is 0 Å². The van der Waals surface area contributed by atoms with E-state index in [0.29, 0.717) is 12.8 Å². The average molecular weight is 865 g/mol. The summed E-state index contributed by atoms with van der Waals surface area (Å²) in [5, 5.41) is 50.1. The molecule has 1 aliphatic rings. The Hall–Kier alpha value is -1.41. The number of allylic oxidation sites excluding steroid dienone is 2. The van der Waals surface area contributed by atoms with E-state index in [1.165, 1.54) is 116 Å². The van der Waals surface area contributed by atoms with Gasteiger partial charge in [0.15, 0.2) is 6.10 Å². The van der Waals surface area contributed by atoms with Crippen molar-refractivity contribution in [2.45, 2.75) is 249 Å². The van der Waals surface area contributed by atoms with Crippen molar-refractivity contribution in [1.82, 2.24) is 0 Å². The van der Waals surface area contributed by atoms with E-state index in [-0.39, 0.29) is 12.8 Å². The van der Waals surface area contributed by atoms with Gasteiger partial charge in [-0.2, -0.15) is 0 Å². The van der Waals surface area contributed by atoms with Gasteiger partial charge in [0.25, 0.3) is 0 Å². The third-order valence-corrected chi connectivity index (χ3v) is 12.1. The van der Waals surface area contributed by atoms with Gasteiger partial charge in [-0.05, 0) is 38.5 Å². The molecule has 1 fully saturated rings. The molecule has 0 aliphatic heterocycles. The van der Waals surface area contributed by atoms with Crippen LogP contribution in [-0.2, 0) is 32.7 Å². The molecule has 0 amide bonds. The molecular weight excluding hydrogens is 779 g/mol. The largest absolute Gasteiger partial charge is 0.472 e. The fourth-order valence-electron chi connectivity index (χ4n) is 7.28. The highest BCUT2D eigenvalue weighted by molar-refractivity contribution is 7.47. The standard InChI is InChI=1S/C45H85O13P/c1-3-5-7-9-11-13-14-15-16-17-18-19-20-21-22-23-24-26-28-30-32-34-39(47)57-37(35-55-38(46)33-31-29-27-25-12-10-8-6-4-2)36-56-59(53,54)58-45-43(51)41(49)40(48)42(50)44(45)52/h17-18,37,40-45,48-52H,3-16,19-36H2,1-2H3,(H,53,54)/b18-17-. The Balaban J connectivity index is 2.38. The van der Waals surface area contributed by atoms with Gasteiger partial charge in [-0.1, -0.05) is 167 Å². The zero-order valence-corrected chi connectivity index (χ0v) is 37.7. The highest BCUT2D eigenvalue weighted by atomic mass is 31.2. The maximum Gasteiger partial charge on any atom is 0.472 e. The van der Waals surface area contributed by atoms with Crippen LogP contribution in [0.1, 0.15) is 206 Å². The summed E-state index contributed by atoms with van der Waals surface area (Å²) < 4.78 is 33.5. The van der Waals surface area contributed by atoms with Crippen molar-refractivity contribution in [2.75, 3.05) is 13.2 Å². The number of rotatable bonds is 39. The van der Waals surface area contributed by atoms with Gasteiger partial charge in [0.1, 0.15) is 43.2 Å². The molecule has 1 aliphatic carbocycles. The van der Waals surface area contributed by atoms with Crippen LogP contribution >= 0.6 is 7.82 Å². The monoisotopic (exact) mass is 865 g/mol.